The lowest BCUT2D eigenvalue weighted by atomic mass is 10.5. The SMILES string of the molecule is CSc1nc(C#N)c(/N=C\N(C)C)s1. The fourth-order valence-electron chi connectivity index (χ4n) is 0.709. The van der Waals surface area contributed by atoms with Gasteiger partial charge in [0.05, 0.1) is 6.34 Å². The zero-order valence-electron chi connectivity index (χ0n) is 8.18. The molecule has 0 unspecified atom stereocenters. The van der Waals surface area contributed by atoms with Crippen LogP contribution in [0, 0.1) is 11.3 Å². The van der Waals surface area contributed by atoms with Crippen LogP contribution in [0.1, 0.15) is 5.69 Å². The molecule has 0 bridgehead atoms. The first-order valence-electron chi connectivity index (χ1n) is 3.83. The third kappa shape index (κ3) is 2.72. The topological polar surface area (TPSA) is 52.3 Å². The Morgan fingerprint density at radius 2 is 2.36 bits per heavy atom. The lowest BCUT2D eigenvalue weighted by molar-refractivity contribution is 0.643. The molecule has 74 valence electrons. The highest BCUT2D eigenvalue weighted by Crippen LogP contribution is 2.31. The third-order valence-electron chi connectivity index (χ3n) is 1.28. The monoisotopic (exact) mass is 226 g/mol. The Bertz CT molecular complexity index is 375. The maximum absolute atomic E-state index is 8.79. The van der Waals surface area contributed by atoms with Gasteiger partial charge in [0.15, 0.2) is 15.0 Å². The number of hydrogen-bond acceptors (Lipinski definition) is 5. The summed E-state index contributed by atoms with van der Waals surface area (Å²) in [7, 11) is 3.76. The van der Waals surface area contributed by atoms with Gasteiger partial charge in [0.1, 0.15) is 6.07 Å². The smallest absolute Gasteiger partial charge is 0.178 e. The summed E-state index contributed by atoms with van der Waals surface area (Å²) in [5.41, 5.74) is 0.400. The average molecular weight is 226 g/mol. The molecule has 0 aromatic carbocycles. The van der Waals surface area contributed by atoms with Crippen molar-refractivity contribution in [2.45, 2.75) is 4.34 Å². The lowest BCUT2D eigenvalue weighted by Crippen LogP contribution is -2.06. The van der Waals surface area contributed by atoms with Crippen LogP contribution in [0.4, 0.5) is 5.00 Å². The Morgan fingerprint density at radius 3 is 2.86 bits per heavy atom. The van der Waals surface area contributed by atoms with Gasteiger partial charge in [0, 0.05) is 14.1 Å². The van der Waals surface area contributed by atoms with Crippen LogP contribution in [0.25, 0.3) is 0 Å². The second-order valence-electron chi connectivity index (χ2n) is 2.66. The van der Waals surface area contributed by atoms with Crippen molar-refractivity contribution in [2.24, 2.45) is 4.99 Å². The Labute approximate surface area is 91.3 Å². The first-order valence-corrected chi connectivity index (χ1v) is 5.87. The summed E-state index contributed by atoms with van der Waals surface area (Å²) < 4.78 is 0.868. The summed E-state index contributed by atoms with van der Waals surface area (Å²) in [5.74, 6) is 0. The minimum atomic E-state index is 0.400. The van der Waals surface area contributed by atoms with Crippen molar-refractivity contribution in [3.8, 4) is 6.07 Å². The van der Waals surface area contributed by atoms with E-state index in [0.717, 1.165) is 4.34 Å². The van der Waals surface area contributed by atoms with Gasteiger partial charge in [-0.3, -0.25) is 0 Å². The number of thioether (sulfide) groups is 1. The molecule has 14 heavy (non-hydrogen) atoms. The maximum atomic E-state index is 8.79. The quantitative estimate of drug-likeness (QED) is 0.449. The summed E-state index contributed by atoms with van der Waals surface area (Å²) in [6, 6.07) is 2.03. The molecule has 0 saturated heterocycles. The van der Waals surface area contributed by atoms with E-state index in [-0.39, 0.29) is 0 Å². The molecule has 0 aliphatic rings. The van der Waals surface area contributed by atoms with Gasteiger partial charge in [-0.1, -0.05) is 23.1 Å². The molecule has 0 atom stereocenters. The molecule has 0 spiro atoms. The van der Waals surface area contributed by atoms with E-state index >= 15 is 0 Å². The van der Waals surface area contributed by atoms with Crippen LogP contribution >= 0.6 is 23.1 Å². The van der Waals surface area contributed by atoms with Crippen molar-refractivity contribution >= 4 is 34.4 Å². The van der Waals surface area contributed by atoms with Gasteiger partial charge in [-0.2, -0.15) is 5.26 Å². The molecule has 1 aromatic heterocycles. The van der Waals surface area contributed by atoms with Crippen molar-refractivity contribution in [2.75, 3.05) is 20.4 Å². The maximum Gasteiger partial charge on any atom is 0.178 e. The van der Waals surface area contributed by atoms with Crippen LogP contribution in [-0.4, -0.2) is 36.6 Å². The summed E-state index contributed by atoms with van der Waals surface area (Å²) in [5, 5.41) is 9.46. The zero-order valence-corrected chi connectivity index (χ0v) is 9.82. The van der Waals surface area contributed by atoms with Gasteiger partial charge in [0.25, 0.3) is 0 Å². The van der Waals surface area contributed by atoms with Crippen molar-refractivity contribution < 1.29 is 0 Å². The standard InChI is InChI=1S/C8H10N4S2/c1-12(2)5-10-7-6(4-9)11-8(13-3)14-7/h5H,1-3H3/b10-5-. The number of hydrogen-bond donors (Lipinski definition) is 0. The van der Waals surface area contributed by atoms with E-state index in [1.54, 1.807) is 6.34 Å². The second kappa shape index (κ2) is 4.98. The van der Waals surface area contributed by atoms with E-state index in [9.17, 15) is 0 Å². The van der Waals surface area contributed by atoms with Crippen LogP contribution in [0.3, 0.4) is 0 Å². The summed E-state index contributed by atoms with van der Waals surface area (Å²) in [4.78, 5) is 10.1. The Morgan fingerprint density at radius 1 is 1.64 bits per heavy atom. The van der Waals surface area contributed by atoms with Crippen molar-refractivity contribution in [3.05, 3.63) is 5.69 Å². The molecular weight excluding hydrogens is 216 g/mol. The molecule has 0 saturated carbocycles. The summed E-state index contributed by atoms with van der Waals surface area (Å²) in [6.07, 6.45) is 3.60. The zero-order chi connectivity index (χ0) is 10.6. The molecule has 0 aliphatic heterocycles. The van der Waals surface area contributed by atoms with Crippen LogP contribution in [0.5, 0.6) is 0 Å². The molecule has 1 rings (SSSR count). The molecule has 0 amide bonds. The van der Waals surface area contributed by atoms with Gasteiger partial charge in [-0.05, 0) is 6.26 Å². The lowest BCUT2D eigenvalue weighted by Gasteiger charge is -2.00. The van der Waals surface area contributed by atoms with Gasteiger partial charge in [0.2, 0.25) is 0 Å². The van der Waals surface area contributed by atoms with Gasteiger partial charge >= 0.3 is 0 Å². The number of nitriles is 1. The van der Waals surface area contributed by atoms with Crippen LogP contribution in [0.2, 0.25) is 0 Å². The highest BCUT2D eigenvalue weighted by atomic mass is 32.2. The van der Waals surface area contributed by atoms with Gasteiger partial charge in [-0.15, -0.1) is 0 Å². The first-order chi connectivity index (χ1) is 6.67. The molecule has 0 fully saturated rings. The molecule has 1 aromatic rings. The highest BCUT2D eigenvalue weighted by Gasteiger charge is 2.08. The molecule has 0 N–H and O–H groups in total. The van der Waals surface area contributed by atoms with E-state index < -0.39 is 0 Å². The number of aromatic nitrogens is 1. The normalized spacial score (nSPS) is 10.4. The summed E-state index contributed by atoms with van der Waals surface area (Å²) >= 11 is 2.95. The minimum absolute atomic E-state index is 0.400. The fourth-order valence-corrected chi connectivity index (χ4v) is 2.05. The molecule has 6 heteroatoms. The largest absolute Gasteiger partial charge is 0.369 e. The molecule has 4 nitrogen and oxygen atoms in total. The molecule has 0 radical (unpaired) electrons. The van der Waals surface area contributed by atoms with E-state index in [2.05, 4.69) is 9.98 Å². The summed E-state index contributed by atoms with van der Waals surface area (Å²) in [6.45, 7) is 0. The van der Waals surface area contributed by atoms with E-state index in [1.165, 1.54) is 23.1 Å². The Hall–Kier alpha value is -1.06. The average Bonchev–Trinajstić information content (AvgIpc) is 2.57. The van der Waals surface area contributed by atoms with Gasteiger partial charge < -0.3 is 4.90 Å². The van der Waals surface area contributed by atoms with Crippen LogP contribution < -0.4 is 0 Å². The second-order valence-corrected chi connectivity index (χ2v) is 4.69. The number of aliphatic imine (C=N–C) groups is 1. The van der Waals surface area contributed by atoms with Crippen molar-refractivity contribution in [1.82, 2.24) is 9.88 Å². The predicted octanol–water partition coefficient (Wildman–Crippen LogP) is 1.96. The number of thiazole rings is 1. The fraction of sp³-hybridized carbons (Fsp3) is 0.375. The van der Waals surface area contributed by atoms with Crippen molar-refractivity contribution in [3.63, 3.8) is 0 Å². The molecular formula is C8H10N4S2. The third-order valence-corrected chi connectivity index (χ3v) is 3.22. The van der Waals surface area contributed by atoms with Gasteiger partial charge in [-0.25, -0.2) is 9.98 Å². The first kappa shape index (κ1) is 11.0. The van der Waals surface area contributed by atoms with Crippen LogP contribution in [-0.2, 0) is 0 Å². The van der Waals surface area contributed by atoms with E-state index in [1.807, 2.05) is 31.3 Å². The van der Waals surface area contributed by atoms with Crippen LogP contribution in [0.15, 0.2) is 9.33 Å². The highest BCUT2D eigenvalue weighted by molar-refractivity contribution is 8.00. The molecule has 0 aliphatic carbocycles. The Kier molecular flexibility index (Phi) is 3.92. The minimum Gasteiger partial charge on any atom is -0.369 e. The predicted molar refractivity (Wildman–Crippen MR) is 60.4 cm³/mol. The number of nitrogens with zero attached hydrogens (tertiary/aromatic N) is 4. The number of rotatable bonds is 3. The Balaban J connectivity index is 2.96. The molecule has 1 heterocycles. The van der Waals surface area contributed by atoms with E-state index in [4.69, 9.17) is 5.26 Å². The van der Waals surface area contributed by atoms with Crippen molar-refractivity contribution in [1.29, 1.82) is 5.26 Å². The van der Waals surface area contributed by atoms with E-state index in [0.29, 0.717) is 10.7 Å².